The Bertz CT molecular complexity index is 372. The number of rotatable bonds is 3. The molecule has 88 valence electrons. The molecule has 1 unspecified atom stereocenters. The Morgan fingerprint density at radius 1 is 1.50 bits per heavy atom. The molecular weight excluding hydrogens is 205 g/mol. The molecule has 1 aromatic carbocycles. The van der Waals surface area contributed by atoms with E-state index in [0.717, 1.165) is 25.1 Å². The summed E-state index contributed by atoms with van der Waals surface area (Å²) >= 11 is 0. The summed E-state index contributed by atoms with van der Waals surface area (Å²) in [6.45, 7) is 3.91. The van der Waals surface area contributed by atoms with Gasteiger partial charge in [-0.3, -0.25) is 0 Å². The van der Waals surface area contributed by atoms with Gasteiger partial charge >= 0.3 is 0 Å². The van der Waals surface area contributed by atoms with E-state index in [9.17, 15) is 4.39 Å². The van der Waals surface area contributed by atoms with Crippen molar-refractivity contribution in [3.8, 4) is 5.75 Å². The Kier molecular flexibility index (Phi) is 3.44. The first kappa shape index (κ1) is 11.4. The quantitative estimate of drug-likeness (QED) is 0.849. The molecule has 1 saturated heterocycles. The fourth-order valence-electron chi connectivity index (χ4n) is 2.37. The van der Waals surface area contributed by atoms with Crippen molar-refractivity contribution in [3.05, 3.63) is 29.1 Å². The summed E-state index contributed by atoms with van der Waals surface area (Å²) in [4.78, 5) is 0. The number of hydrogen-bond donors (Lipinski definition) is 1. The molecule has 0 aliphatic carbocycles. The lowest BCUT2D eigenvalue weighted by Crippen LogP contribution is -2.11. The summed E-state index contributed by atoms with van der Waals surface area (Å²) in [6.07, 6.45) is 2.16. The topological polar surface area (TPSA) is 21.3 Å². The molecular formula is C13H18FNO. The van der Waals surface area contributed by atoms with Crippen molar-refractivity contribution in [2.24, 2.45) is 5.92 Å². The average Bonchev–Trinajstić information content (AvgIpc) is 2.77. The molecule has 0 radical (unpaired) electrons. The van der Waals surface area contributed by atoms with Crippen LogP contribution < -0.4 is 10.1 Å². The van der Waals surface area contributed by atoms with Gasteiger partial charge in [-0.1, -0.05) is 6.07 Å². The molecule has 0 saturated carbocycles. The van der Waals surface area contributed by atoms with Gasteiger partial charge in [0.15, 0.2) is 0 Å². The molecule has 1 aliphatic heterocycles. The van der Waals surface area contributed by atoms with Gasteiger partial charge in [-0.2, -0.15) is 0 Å². The van der Waals surface area contributed by atoms with E-state index >= 15 is 0 Å². The van der Waals surface area contributed by atoms with Crippen LogP contribution in [-0.2, 0) is 6.42 Å². The van der Waals surface area contributed by atoms with Crippen LogP contribution in [0.4, 0.5) is 4.39 Å². The van der Waals surface area contributed by atoms with Crippen molar-refractivity contribution in [1.29, 1.82) is 0 Å². The van der Waals surface area contributed by atoms with E-state index in [1.165, 1.54) is 12.5 Å². The third-order valence-corrected chi connectivity index (χ3v) is 3.30. The molecule has 2 nitrogen and oxygen atoms in total. The highest BCUT2D eigenvalue weighted by Gasteiger charge is 2.18. The predicted octanol–water partition coefficient (Wildman–Crippen LogP) is 2.29. The molecule has 2 rings (SSSR count). The highest BCUT2D eigenvalue weighted by Crippen LogP contribution is 2.28. The average molecular weight is 223 g/mol. The molecule has 1 heterocycles. The molecule has 0 aromatic heterocycles. The highest BCUT2D eigenvalue weighted by atomic mass is 19.1. The maximum absolute atomic E-state index is 13.4. The fraction of sp³-hybridized carbons (Fsp3) is 0.538. The summed E-state index contributed by atoms with van der Waals surface area (Å²) in [5.41, 5.74) is 1.74. The zero-order chi connectivity index (χ0) is 11.5. The van der Waals surface area contributed by atoms with Gasteiger partial charge in [0.2, 0.25) is 0 Å². The zero-order valence-electron chi connectivity index (χ0n) is 9.85. The van der Waals surface area contributed by atoms with Gasteiger partial charge in [0.25, 0.3) is 0 Å². The van der Waals surface area contributed by atoms with Crippen molar-refractivity contribution in [1.82, 2.24) is 5.32 Å². The minimum atomic E-state index is -0.190. The molecule has 1 aromatic rings. The van der Waals surface area contributed by atoms with Crippen LogP contribution in [0.5, 0.6) is 5.75 Å². The van der Waals surface area contributed by atoms with Crippen molar-refractivity contribution < 1.29 is 9.13 Å². The second kappa shape index (κ2) is 4.83. The third kappa shape index (κ3) is 2.19. The first-order valence-corrected chi connectivity index (χ1v) is 5.75. The molecule has 1 N–H and O–H groups in total. The molecule has 1 aliphatic rings. The Labute approximate surface area is 95.8 Å². The summed E-state index contributed by atoms with van der Waals surface area (Å²) < 4.78 is 18.7. The number of nitrogens with one attached hydrogen (secondary N) is 1. The number of ether oxygens (including phenoxy) is 1. The second-order valence-electron chi connectivity index (χ2n) is 4.43. The lowest BCUT2D eigenvalue weighted by atomic mass is 9.96. The fourth-order valence-corrected chi connectivity index (χ4v) is 2.37. The van der Waals surface area contributed by atoms with Crippen LogP contribution in [0.1, 0.15) is 17.5 Å². The van der Waals surface area contributed by atoms with Crippen LogP contribution in [0.2, 0.25) is 0 Å². The smallest absolute Gasteiger partial charge is 0.129 e. The van der Waals surface area contributed by atoms with Gasteiger partial charge in [-0.05, 0) is 50.4 Å². The van der Waals surface area contributed by atoms with Crippen LogP contribution in [0.25, 0.3) is 0 Å². The van der Waals surface area contributed by atoms with Gasteiger partial charge in [0.1, 0.15) is 11.6 Å². The monoisotopic (exact) mass is 223 g/mol. The number of hydrogen-bond acceptors (Lipinski definition) is 2. The summed E-state index contributed by atoms with van der Waals surface area (Å²) in [7, 11) is 1.61. The third-order valence-electron chi connectivity index (χ3n) is 3.30. The Morgan fingerprint density at radius 2 is 2.31 bits per heavy atom. The van der Waals surface area contributed by atoms with Gasteiger partial charge < -0.3 is 10.1 Å². The maximum Gasteiger partial charge on any atom is 0.129 e. The van der Waals surface area contributed by atoms with Gasteiger partial charge in [-0.15, -0.1) is 0 Å². The predicted molar refractivity (Wildman–Crippen MR) is 62.4 cm³/mol. The largest absolute Gasteiger partial charge is 0.496 e. The van der Waals surface area contributed by atoms with Crippen LogP contribution >= 0.6 is 0 Å². The number of benzene rings is 1. The molecule has 0 amide bonds. The summed E-state index contributed by atoms with van der Waals surface area (Å²) in [5, 5.41) is 3.34. The van der Waals surface area contributed by atoms with E-state index in [2.05, 4.69) is 5.32 Å². The maximum atomic E-state index is 13.4. The second-order valence-corrected chi connectivity index (χ2v) is 4.43. The van der Waals surface area contributed by atoms with E-state index in [0.29, 0.717) is 17.2 Å². The standard InChI is InChI=1S/C13H18FNO/c1-9-12(14)4-3-11(13(9)16-2)7-10-5-6-15-8-10/h3-4,10,15H,5-8H2,1-2H3. The Balaban J connectivity index is 2.22. The Hall–Kier alpha value is -1.09. The van der Waals surface area contributed by atoms with Gasteiger partial charge in [0, 0.05) is 5.56 Å². The van der Waals surface area contributed by atoms with Crippen LogP contribution in [0, 0.1) is 18.7 Å². The molecule has 0 bridgehead atoms. The van der Waals surface area contributed by atoms with Crippen molar-refractivity contribution in [2.75, 3.05) is 20.2 Å². The first-order valence-electron chi connectivity index (χ1n) is 5.75. The molecule has 0 spiro atoms. The molecule has 16 heavy (non-hydrogen) atoms. The van der Waals surface area contributed by atoms with E-state index < -0.39 is 0 Å². The normalized spacial score (nSPS) is 20.1. The molecule has 3 heteroatoms. The van der Waals surface area contributed by atoms with Gasteiger partial charge in [-0.25, -0.2) is 4.39 Å². The van der Waals surface area contributed by atoms with E-state index in [4.69, 9.17) is 4.74 Å². The SMILES string of the molecule is COc1c(CC2CCNC2)ccc(F)c1C. The van der Waals surface area contributed by atoms with Crippen LogP contribution in [-0.4, -0.2) is 20.2 Å². The van der Waals surface area contributed by atoms with Crippen LogP contribution in [0.15, 0.2) is 12.1 Å². The summed E-state index contributed by atoms with van der Waals surface area (Å²) in [5.74, 6) is 1.18. The van der Waals surface area contributed by atoms with Crippen LogP contribution in [0.3, 0.4) is 0 Å². The first-order chi connectivity index (χ1) is 7.72. The highest BCUT2D eigenvalue weighted by molar-refractivity contribution is 5.42. The lowest BCUT2D eigenvalue weighted by Gasteiger charge is -2.14. The van der Waals surface area contributed by atoms with Crippen molar-refractivity contribution in [2.45, 2.75) is 19.8 Å². The minimum Gasteiger partial charge on any atom is -0.496 e. The lowest BCUT2D eigenvalue weighted by molar-refractivity contribution is 0.398. The van der Waals surface area contributed by atoms with E-state index in [1.54, 1.807) is 14.0 Å². The minimum absolute atomic E-state index is 0.190. The van der Waals surface area contributed by atoms with E-state index in [1.807, 2.05) is 6.07 Å². The van der Waals surface area contributed by atoms with Gasteiger partial charge in [0.05, 0.1) is 7.11 Å². The van der Waals surface area contributed by atoms with E-state index in [-0.39, 0.29) is 5.82 Å². The molecule has 1 atom stereocenters. The summed E-state index contributed by atoms with van der Waals surface area (Å²) in [6, 6.07) is 3.38. The number of halogens is 1. The zero-order valence-corrected chi connectivity index (χ0v) is 9.85. The number of methoxy groups -OCH3 is 1. The van der Waals surface area contributed by atoms with Crippen molar-refractivity contribution >= 4 is 0 Å². The Morgan fingerprint density at radius 3 is 2.94 bits per heavy atom. The van der Waals surface area contributed by atoms with Crippen molar-refractivity contribution in [3.63, 3.8) is 0 Å². The molecule has 1 fully saturated rings.